The summed E-state index contributed by atoms with van der Waals surface area (Å²) in [4.78, 5) is 52.2. The van der Waals surface area contributed by atoms with Gasteiger partial charge in [-0.25, -0.2) is 0 Å². The maximum atomic E-state index is 12.7. The second kappa shape index (κ2) is 13.4. The predicted octanol–water partition coefficient (Wildman–Crippen LogP) is -3.04. The van der Waals surface area contributed by atoms with E-state index >= 15 is 0 Å². The molecule has 3 amide bonds. The summed E-state index contributed by atoms with van der Waals surface area (Å²) in [6.07, 6.45) is -0.916. The zero-order valence-corrected chi connectivity index (χ0v) is 18.3. The molecule has 0 saturated carbocycles. The number of carboxylic acids is 1. The Bertz CT molecular complexity index is 664. The summed E-state index contributed by atoms with van der Waals surface area (Å²) in [5.74, 6) is -3.81. The minimum Gasteiger partial charge on any atom is -0.480 e. The third kappa shape index (κ3) is 10.6. The zero-order chi connectivity index (χ0) is 24.3. The van der Waals surface area contributed by atoms with Crippen molar-refractivity contribution in [1.82, 2.24) is 16.0 Å². The van der Waals surface area contributed by atoms with Crippen LogP contribution in [0.25, 0.3) is 0 Å². The van der Waals surface area contributed by atoms with Gasteiger partial charge in [0.05, 0.1) is 12.1 Å². The summed E-state index contributed by atoms with van der Waals surface area (Å²) in [5, 5.41) is 26.0. The summed E-state index contributed by atoms with van der Waals surface area (Å²) in [5.41, 5.74) is 16.3. The molecule has 13 nitrogen and oxygen atoms in total. The quantitative estimate of drug-likeness (QED) is 0.0815. The molecule has 0 aromatic carbocycles. The Kier molecular flexibility index (Phi) is 12.1. The molecular formula is C18H35N7O6. The fourth-order valence-corrected chi connectivity index (χ4v) is 2.37. The summed E-state index contributed by atoms with van der Waals surface area (Å²) >= 11 is 0. The number of nitrogens with zero attached hydrogens (tertiary/aromatic N) is 1. The van der Waals surface area contributed by atoms with E-state index in [1.165, 1.54) is 13.8 Å². The number of nitrogens with one attached hydrogen (secondary N) is 3. The van der Waals surface area contributed by atoms with E-state index in [0.29, 0.717) is 6.42 Å². The third-order valence-corrected chi connectivity index (χ3v) is 4.39. The van der Waals surface area contributed by atoms with Crippen molar-refractivity contribution in [3.05, 3.63) is 0 Å². The van der Waals surface area contributed by atoms with Crippen LogP contribution in [0.2, 0.25) is 0 Å². The van der Waals surface area contributed by atoms with Crippen molar-refractivity contribution in [2.24, 2.45) is 28.1 Å². The molecule has 0 aromatic heterocycles. The molecule has 0 heterocycles. The van der Waals surface area contributed by atoms with Gasteiger partial charge in [0.1, 0.15) is 18.1 Å². The second-order valence-electron chi connectivity index (χ2n) is 7.58. The summed E-state index contributed by atoms with van der Waals surface area (Å²) in [6, 6.07) is -4.62. The van der Waals surface area contributed by atoms with Gasteiger partial charge in [0.2, 0.25) is 17.7 Å². The van der Waals surface area contributed by atoms with Gasteiger partial charge in [-0.3, -0.25) is 24.2 Å². The molecule has 0 radical (unpaired) electrons. The summed E-state index contributed by atoms with van der Waals surface area (Å²) < 4.78 is 0. The number of amides is 3. The molecule has 0 spiro atoms. The zero-order valence-electron chi connectivity index (χ0n) is 18.3. The van der Waals surface area contributed by atoms with Gasteiger partial charge in [-0.1, -0.05) is 13.8 Å². The van der Waals surface area contributed by atoms with Crippen molar-refractivity contribution in [3.63, 3.8) is 0 Å². The van der Waals surface area contributed by atoms with E-state index in [2.05, 4.69) is 20.9 Å². The van der Waals surface area contributed by atoms with Crippen LogP contribution >= 0.6 is 0 Å². The molecule has 31 heavy (non-hydrogen) atoms. The Morgan fingerprint density at radius 3 is 1.97 bits per heavy atom. The van der Waals surface area contributed by atoms with Crippen molar-refractivity contribution in [2.75, 3.05) is 6.54 Å². The molecule has 13 heteroatoms. The molecule has 5 unspecified atom stereocenters. The van der Waals surface area contributed by atoms with E-state index in [-0.39, 0.29) is 24.8 Å². The second-order valence-corrected chi connectivity index (χ2v) is 7.58. The molecule has 0 aliphatic carbocycles. The minimum atomic E-state index is -1.37. The number of nitrogens with two attached hydrogens (primary N) is 3. The van der Waals surface area contributed by atoms with Gasteiger partial charge in [0.15, 0.2) is 5.96 Å². The molecule has 0 rings (SSSR count). The first-order valence-corrected chi connectivity index (χ1v) is 9.90. The highest BCUT2D eigenvalue weighted by molar-refractivity contribution is 5.94. The van der Waals surface area contributed by atoms with Gasteiger partial charge in [-0.2, -0.15) is 0 Å². The van der Waals surface area contributed by atoms with Crippen LogP contribution in [0.4, 0.5) is 0 Å². The summed E-state index contributed by atoms with van der Waals surface area (Å²) in [6.45, 7) is 6.19. The number of hydrogen-bond donors (Lipinski definition) is 8. The molecule has 0 fully saturated rings. The van der Waals surface area contributed by atoms with Crippen LogP contribution in [0.1, 0.15) is 40.5 Å². The van der Waals surface area contributed by atoms with Gasteiger partial charge in [0, 0.05) is 6.54 Å². The highest BCUT2D eigenvalue weighted by Crippen LogP contribution is 2.04. The van der Waals surface area contributed by atoms with E-state index in [9.17, 15) is 24.3 Å². The monoisotopic (exact) mass is 445 g/mol. The van der Waals surface area contributed by atoms with E-state index in [4.69, 9.17) is 22.3 Å². The van der Waals surface area contributed by atoms with Gasteiger partial charge >= 0.3 is 5.97 Å². The van der Waals surface area contributed by atoms with E-state index in [1.54, 1.807) is 13.8 Å². The number of aliphatic hydroxyl groups is 1. The van der Waals surface area contributed by atoms with E-state index < -0.39 is 54.0 Å². The highest BCUT2D eigenvalue weighted by atomic mass is 16.4. The molecular weight excluding hydrogens is 410 g/mol. The number of guanidine groups is 1. The fourth-order valence-electron chi connectivity index (χ4n) is 2.37. The van der Waals surface area contributed by atoms with Crippen LogP contribution in [0.5, 0.6) is 0 Å². The maximum Gasteiger partial charge on any atom is 0.325 e. The van der Waals surface area contributed by atoms with Crippen molar-refractivity contribution in [2.45, 2.75) is 70.8 Å². The summed E-state index contributed by atoms with van der Waals surface area (Å²) in [7, 11) is 0. The Hall–Kier alpha value is -2.93. The lowest BCUT2D eigenvalue weighted by Crippen LogP contribution is -2.60. The SMILES string of the molecule is CC(NC(=O)C(CCCN=C(N)N)NC(=O)C(NC(=O)C(N)C(C)C)C(C)O)C(=O)O. The lowest BCUT2D eigenvalue weighted by Gasteiger charge is -2.26. The smallest absolute Gasteiger partial charge is 0.325 e. The van der Waals surface area contributed by atoms with Crippen molar-refractivity contribution < 1.29 is 29.4 Å². The Balaban J connectivity index is 5.37. The standard InChI is InChI=1S/C18H35N7O6/c1-8(2)12(19)15(28)25-13(10(4)26)16(29)24-11(6-5-7-22-18(20)21)14(27)23-9(3)17(30)31/h8-13,26H,5-7,19H2,1-4H3,(H,23,27)(H,24,29)(H,25,28)(H,30,31)(H4,20,21,22). The Morgan fingerprint density at radius 2 is 1.52 bits per heavy atom. The number of carboxylic acid groups (broad SMARTS) is 1. The van der Waals surface area contributed by atoms with Crippen LogP contribution in [0.3, 0.4) is 0 Å². The van der Waals surface area contributed by atoms with Crippen LogP contribution in [0, 0.1) is 5.92 Å². The van der Waals surface area contributed by atoms with E-state index in [1.807, 2.05) is 0 Å². The molecule has 178 valence electrons. The van der Waals surface area contributed by atoms with Crippen LogP contribution < -0.4 is 33.2 Å². The first kappa shape index (κ1) is 28.1. The third-order valence-electron chi connectivity index (χ3n) is 4.39. The van der Waals surface area contributed by atoms with Crippen LogP contribution in [-0.2, 0) is 19.2 Å². The first-order valence-electron chi connectivity index (χ1n) is 9.90. The average molecular weight is 446 g/mol. The number of rotatable bonds is 13. The fraction of sp³-hybridized carbons (Fsp3) is 0.722. The van der Waals surface area contributed by atoms with Gasteiger partial charge in [-0.15, -0.1) is 0 Å². The van der Waals surface area contributed by atoms with Crippen molar-refractivity contribution in [1.29, 1.82) is 0 Å². The number of aliphatic imine (C=N–C) groups is 1. The first-order chi connectivity index (χ1) is 14.3. The molecule has 0 bridgehead atoms. The lowest BCUT2D eigenvalue weighted by atomic mass is 10.0. The largest absolute Gasteiger partial charge is 0.480 e. The highest BCUT2D eigenvalue weighted by Gasteiger charge is 2.32. The minimum absolute atomic E-state index is 0.0761. The average Bonchev–Trinajstić information content (AvgIpc) is 2.66. The van der Waals surface area contributed by atoms with Crippen LogP contribution in [-0.4, -0.2) is 76.7 Å². The number of carbonyl (C=O) groups excluding carboxylic acids is 3. The Labute approximate surface area is 181 Å². The van der Waals surface area contributed by atoms with E-state index in [0.717, 1.165) is 0 Å². The van der Waals surface area contributed by atoms with Gasteiger partial charge < -0.3 is 43.4 Å². The normalized spacial score (nSPS) is 15.7. The lowest BCUT2D eigenvalue weighted by molar-refractivity contribution is -0.142. The topological polar surface area (TPSA) is 235 Å². The predicted molar refractivity (Wildman–Crippen MR) is 114 cm³/mol. The molecule has 0 aliphatic heterocycles. The van der Waals surface area contributed by atoms with Gasteiger partial charge in [-0.05, 0) is 32.6 Å². The molecule has 5 atom stereocenters. The van der Waals surface area contributed by atoms with Gasteiger partial charge in [0.25, 0.3) is 0 Å². The number of hydrogen-bond acceptors (Lipinski definition) is 7. The number of aliphatic hydroxyl groups excluding tert-OH is 1. The van der Waals surface area contributed by atoms with Crippen LogP contribution in [0.15, 0.2) is 4.99 Å². The number of carbonyl (C=O) groups is 4. The van der Waals surface area contributed by atoms with Crippen molar-refractivity contribution in [3.8, 4) is 0 Å². The molecule has 0 saturated heterocycles. The van der Waals surface area contributed by atoms with Crippen molar-refractivity contribution >= 4 is 29.7 Å². The molecule has 11 N–H and O–H groups in total. The molecule has 0 aromatic rings. The molecule has 0 aliphatic rings. The maximum absolute atomic E-state index is 12.7. The Morgan fingerprint density at radius 1 is 0.935 bits per heavy atom. The number of aliphatic carboxylic acids is 1.